The van der Waals surface area contributed by atoms with Crippen molar-refractivity contribution in [1.29, 1.82) is 0 Å². The fourth-order valence-electron chi connectivity index (χ4n) is 3.34. The van der Waals surface area contributed by atoms with Crippen molar-refractivity contribution in [3.63, 3.8) is 0 Å². The second-order valence-electron chi connectivity index (χ2n) is 5.27. The Hall–Kier alpha value is -1.13. The minimum absolute atomic E-state index is 0.605. The summed E-state index contributed by atoms with van der Waals surface area (Å²) in [6.45, 7) is 2.55. The van der Waals surface area contributed by atoms with Gasteiger partial charge in [0.05, 0.1) is 10.2 Å². The number of nitrogens with one attached hydrogen (secondary N) is 1. The van der Waals surface area contributed by atoms with Crippen molar-refractivity contribution < 1.29 is 0 Å². The molecule has 2 unspecified atom stereocenters. The Bertz CT molecular complexity index is 532. The van der Waals surface area contributed by atoms with Crippen LogP contribution in [0, 0.1) is 0 Å². The Labute approximate surface area is 111 Å². The van der Waals surface area contributed by atoms with Gasteiger partial charge in [0.25, 0.3) is 0 Å². The van der Waals surface area contributed by atoms with Gasteiger partial charge in [-0.1, -0.05) is 23.5 Å². The first-order valence-corrected chi connectivity index (χ1v) is 7.58. The summed E-state index contributed by atoms with van der Waals surface area (Å²) in [5, 5.41) is 4.76. The van der Waals surface area contributed by atoms with Gasteiger partial charge in [-0.2, -0.15) is 0 Å². The van der Waals surface area contributed by atoms with Crippen LogP contribution in [-0.2, 0) is 0 Å². The molecule has 2 aromatic rings. The fraction of sp³-hybridized carbons (Fsp3) is 0.500. The molecule has 3 heterocycles. The second-order valence-corrected chi connectivity index (χ2v) is 6.30. The molecule has 1 N–H and O–H groups in total. The Morgan fingerprint density at radius 2 is 2.17 bits per heavy atom. The zero-order valence-electron chi connectivity index (χ0n) is 10.3. The molecule has 1 aromatic carbocycles. The predicted molar refractivity (Wildman–Crippen MR) is 76.2 cm³/mol. The standard InChI is InChI=1S/C14H17N3S/c1-2-6-13-11(4-1)16-14(18-13)15-10-7-9-17-8-3-5-12(10)17/h1-2,4,6,10,12H,3,5,7-9H2,(H,15,16). The quantitative estimate of drug-likeness (QED) is 0.898. The van der Waals surface area contributed by atoms with Gasteiger partial charge in [0.2, 0.25) is 0 Å². The van der Waals surface area contributed by atoms with Crippen LogP contribution in [0.3, 0.4) is 0 Å². The molecule has 2 saturated heterocycles. The molecule has 0 amide bonds. The Balaban J connectivity index is 1.57. The van der Waals surface area contributed by atoms with E-state index in [1.54, 1.807) is 11.3 Å². The van der Waals surface area contributed by atoms with E-state index in [1.165, 1.54) is 37.1 Å². The molecule has 4 rings (SSSR count). The molecule has 0 saturated carbocycles. The maximum Gasteiger partial charge on any atom is 0.184 e. The number of benzene rings is 1. The third-order valence-corrected chi connectivity index (χ3v) is 5.18. The lowest BCUT2D eigenvalue weighted by Gasteiger charge is -2.20. The van der Waals surface area contributed by atoms with Crippen molar-refractivity contribution in [3.8, 4) is 0 Å². The molecule has 2 aliphatic rings. The predicted octanol–water partition coefficient (Wildman–Crippen LogP) is 2.94. The number of anilines is 1. The smallest absolute Gasteiger partial charge is 0.184 e. The van der Waals surface area contributed by atoms with Gasteiger partial charge in [0, 0.05) is 18.6 Å². The molecular formula is C14H17N3S. The highest BCUT2D eigenvalue weighted by Gasteiger charge is 2.37. The van der Waals surface area contributed by atoms with Gasteiger partial charge < -0.3 is 5.32 Å². The average molecular weight is 259 g/mol. The van der Waals surface area contributed by atoms with Crippen LogP contribution in [0.25, 0.3) is 10.2 Å². The third kappa shape index (κ3) is 1.71. The summed E-state index contributed by atoms with van der Waals surface area (Å²) in [5.41, 5.74) is 1.12. The summed E-state index contributed by atoms with van der Waals surface area (Å²) >= 11 is 1.78. The lowest BCUT2D eigenvalue weighted by Crippen LogP contribution is -2.33. The van der Waals surface area contributed by atoms with E-state index >= 15 is 0 Å². The molecule has 2 atom stereocenters. The van der Waals surface area contributed by atoms with Gasteiger partial charge in [0.15, 0.2) is 5.13 Å². The summed E-state index contributed by atoms with van der Waals surface area (Å²) in [5.74, 6) is 0. The molecule has 2 aliphatic heterocycles. The number of hydrogen-bond acceptors (Lipinski definition) is 4. The number of para-hydroxylation sites is 1. The topological polar surface area (TPSA) is 28.2 Å². The van der Waals surface area contributed by atoms with Gasteiger partial charge in [-0.15, -0.1) is 0 Å². The third-order valence-electron chi connectivity index (χ3n) is 4.21. The molecule has 0 radical (unpaired) electrons. The SMILES string of the molecule is c1ccc2sc(NC3CCN4CCCC34)nc2c1. The van der Waals surface area contributed by atoms with E-state index in [9.17, 15) is 0 Å². The fourth-order valence-corrected chi connectivity index (χ4v) is 4.27. The molecule has 18 heavy (non-hydrogen) atoms. The lowest BCUT2D eigenvalue weighted by atomic mass is 10.1. The summed E-state index contributed by atoms with van der Waals surface area (Å²) in [6, 6.07) is 9.73. The minimum atomic E-state index is 0.605. The summed E-state index contributed by atoms with van der Waals surface area (Å²) in [4.78, 5) is 7.31. The van der Waals surface area contributed by atoms with E-state index in [-0.39, 0.29) is 0 Å². The normalized spacial score (nSPS) is 27.8. The van der Waals surface area contributed by atoms with Crippen LogP contribution in [-0.4, -0.2) is 35.1 Å². The minimum Gasteiger partial charge on any atom is -0.357 e. The van der Waals surface area contributed by atoms with Gasteiger partial charge >= 0.3 is 0 Å². The van der Waals surface area contributed by atoms with Crippen molar-refractivity contribution in [2.45, 2.75) is 31.3 Å². The first kappa shape index (κ1) is 10.8. The van der Waals surface area contributed by atoms with E-state index in [4.69, 9.17) is 0 Å². The lowest BCUT2D eigenvalue weighted by molar-refractivity contribution is 0.318. The summed E-state index contributed by atoms with van der Waals surface area (Å²) < 4.78 is 1.28. The van der Waals surface area contributed by atoms with Crippen LogP contribution >= 0.6 is 11.3 Å². The number of aromatic nitrogens is 1. The van der Waals surface area contributed by atoms with Crippen molar-refractivity contribution in [1.82, 2.24) is 9.88 Å². The molecule has 0 aliphatic carbocycles. The van der Waals surface area contributed by atoms with E-state index in [0.717, 1.165) is 16.7 Å². The average Bonchev–Trinajstić information content (AvgIpc) is 3.05. The highest BCUT2D eigenvalue weighted by Crippen LogP contribution is 2.32. The Morgan fingerprint density at radius 3 is 3.11 bits per heavy atom. The highest BCUT2D eigenvalue weighted by atomic mass is 32.1. The monoisotopic (exact) mass is 259 g/mol. The highest BCUT2D eigenvalue weighted by molar-refractivity contribution is 7.22. The molecule has 4 heteroatoms. The van der Waals surface area contributed by atoms with Crippen molar-refractivity contribution in [2.75, 3.05) is 18.4 Å². The van der Waals surface area contributed by atoms with E-state index in [1.807, 2.05) is 0 Å². The second kappa shape index (κ2) is 4.21. The Morgan fingerprint density at radius 1 is 1.22 bits per heavy atom. The van der Waals surface area contributed by atoms with E-state index in [2.05, 4.69) is 39.5 Å². The summed E-state index contributed by atoms with van der Waals surface area (Å²) in [6.07, 6.45) is 3.98. The van der Waals surface area contributed by atoms with Crippen LogP contribution in [0.2, 0.25) is 0 Å². The van der Waals surface area contributed by atoms with Gasteiger partial charge in [-0.3, -0.25) is 4.90 Å². The van der Waals surface area contributed by atoms with Crippen molar-refractivity contribution in [3.05, 3.63) is 24.3 Å². The zero-order chi connectivity index (χ0) is 11.9. The zero-order valence-corrected chi connectivity index (χ0v) is 11.1. The Kier molecular flexibility index (Phi) is 2.52. The van der Waals surface area contributed by atoms with Crippen LogP contribution in [0.1, 0.15) is 19.3 Å². The van der Waals surface area contributed by atoms with E-state index in [0.29, 0.717) is 6.04 Å². The number of rotatable bonds is 2. The number of nitrogens with zero attached hydrogens (tertiary/aromatic N) is 2. The molecular weight excluding hydrogens is 242 g/mol. The molecule has 0 bridgehead atoms. The maximum atomic E-state index is 4.68. The van der Waals surface area contributed by atoms with Crippen LogP contribution in [0.15, 0.2) is 24.3 Å². The molecule has 94 valence electrons. The van der Waals surface area contributed by atoms with Crippen LogP contribution in [0.4, 0.5) is 5.13 Å². The van der Waals surface area contributed by atoms with Gasteiger partial charge in [0.1, 0.15) is 0 Å². The van der Waals surface area contributed by atoms with Crippen LogP contribution in [0.5, 0.6) is 0 Å². The number of hydrogen-bond donors (Lipinski definition) is 1. The first-order chi connectivity index (χ1) is 8.90. The van der Waals surface area contributed by atoms with Crippen molar-refractivity contribution >= 4 is 26.7 Å². The molecule has 0 spiro atoms. The van der Waals surface area contributed by atoms with Crippen molar-refractivity contribution in [2.24, 2.45) is 0 Å². The number of fused-ring (bicyclic) bond motifs is 2. The summed E-state index contributed by atoms with van der Waals surface area (Å²) in [7, 11) is 0. The molecule has 1 aromatic heterocycles. The number of thiazole rings is 1. The molecule has 3 nitrogen and oxygen atoms in total. The molecule has 2 fully saturated rings. The first-order valence-electron chi connectivity index (χ1n) is 6.76. The van der Waals surface area contributed by atoms with Crippen LogP contribution < -0.4 is 5.32 Å². The van der Waals surface area contributed by atoms with Gasteiger partial charge in [-0.05, 0) is 37.9 Å². The maximum absolute atomic E-state index is 4.68. The largest absolute Gasteiger partial charge is 0.357 e. The van der Waals surface area contributed by atoms with Gasteiger partial charge in [-0.25, -0.2) is 4.98 Å². The van der Waals surface area contributed by atoms with E-state index < -0.39 is 0 Å².